The molecule has 3 rings (SSSR count). The van der Waals surface area contributed by atoms with Crippen molar-refractivity contribution < 1.29 is 9.53 Å². The first-order valence-electron chi connectivity index (χ1n) is 8.86. The summed E-state index contributed by atoms with van der Waals surface area (Å²) in [5.74, 6) is 1.47. The molecule has 7 nitrogen and oxygen atoms in total. The smallest absolute Gasteiger partial charge is 0.407 e. The Morgan fingerprint density at radius 2 is 2.08 bits per heavy atom. The van der Waals surface area contributed by atoms with Gasteiger partial charge in [0.25, 0.3) is 0 Å². The van der Waals surface area contributed by atoms with Gasteiger partial charge in [-0.2, -0.15) is 5.10 Å². The Morgan fingerprint density at radius 1 is 1.36 bits per heavy atom. The molecule has 1 aliphatic rings. The zero-order chi connectivity index (χ0) is 18.0. The van der Waals surface area contributed by atoms with Gasteiger partial charge >= 0.3 is 6.09 Å². The third kappa shape index (κ3) is 4.41. The number of nitrogens with zero attached hydrogens (tertiary/aromatic N) is 2. The average Bonchev–Trinajstić information content (AvgIpc) is 2.93. The summed E-state index contributed by atoms with van der Waals surface area (Å²) in [6, 6.07) is 2.10. The van der Waals surface area contributed by atoms with E-state index in [2.05, 4.69) is 26.6 Å². The summed E-state index contributed by atoms with van der Waals surface area (Å²) in [5, 5.41) is 10.5. The molecule has 2 aromatic heterocycles. The number of fused-ring (bicyclic) bond motifs is 1. The highest BCUT2D eigenvalue weighted by atomic mass is 16.5. The maximum absolute atomic E-state index is 11.8. The van der Waals surface area contributed by atoms with Crippen LogP contribution >= 0.6 is 0 Å². The predicted molar refractivity (Wildman–Crippen MR) is 97.2 cm³/mol. The van der Waals surface area contributed by atoms with Gasteiger partial charge in [-0.1, -0.05) is 0 Å². The molecule has 0 aromatic carbocycles. The summed E-state index contributed by atoms with van der Waals surface area (Å²) in [5.41, 5.74) is 7.50. The molecule has 1 aliphatic carbocycles. The van der Waals surface area contributed by atoms with Crippen LogP contribution in [0.4, 0.5) is 10.6 Å². The van der Waals surface area contributed by atoms with Gasteiger partial charge in [0.1, 0.15) is 5.82 Å². The lowest BCUT2D eigenvalue weighted by molar-refractivity contribution is 0.107. The molecule has 0 radical (unpaired) electrons. The first-order chi connectivity index (χ1) is 11.8. The van der Waals surface area contributed by atoms with E-state index < -0.39 is 0 Å². The molecule has 4 N–H and O–H groups in total. The molecule has 1 amide bonds. The van der Waals surface area contributed by atoms with Crippen LogP contribution in [0.15, 0.2) is 12.3 Å². The third-order valence-corrected chi connectivity index (χ3v) is 4.71. The number of amides is 1. The van der Waals surface area contributed by atoms with Crippen LogP contribution in [0, 0.1) is 5.92 Å². The van der Waals surface area contributed by atoms with E-state index in [-0.39, 0.29) is 11.6 Å². The van der Waals surface area contributed by atoms with Crippen LogP contribution < -0.4 is 11.1 Å². The zero-order valence-corrected chi connectivity index (χ0v) is 15.1. The predicted octanol–water partition coefficient (Wildman–Crippen LogP) is 3.34. The Bertz CT molecular complexity index is 741. The van der Waals surface area contributed by atoms with Crippen LogP contribution in [0.25, 0.3) is 11.0 Å². The van der Waals surface area contributed by atoms with Gasteiger partial charge in [0.15, 0.2) is 5.65 Å². The molecule has 7 heteroatoms. The van der Waals surface area contributed by atoms with Crippen molar-refractivity contribution in [3.8, 4) is 0 Å². The molecule has 25 heavy (non-hydrogen) atoms. The number of carbonyl (C=O) groups excluding carboxylic acids is 1. The van der Waals surface area contributed by atoms with Crippen molar-refractivity contribution in [2.24, 2.45) is 5.92 Å². The number of pyridine rings is 1. The van der Waals surface area contributed by atoms with Crippen LogP contribution in [-0.2, 0) is 4.74 Å². The average molecular weight is 345 g/mol. The van der Waals surface area contributed by atoms with Gasteiger partial charge in [0, 0.05) is 11.7 Å². The second-order valence-electron chi connectivity index (χ2n) is 7.97. The van der Waals surface area contributed by atoms with E-state index in [0.29, 0.717) is 29.9 Å². The number of nitrogens with one attached hydrogen (secondary N) is 2. The number of anilines is 1. The number of nitrogens with two attached hydrogens (primary N) is 1. The topological polar surface area (TPSA) is 106 Å². The van der Waals surface area contributed by atoms with Gasteiger partial charge in [0.2, 0.25) is 0 Å². The molecular weight excluding hydrogens is 318 g/mol. The van der Waals surface area contributed by atoms with Gasteiger partial charge in [-0.05, 0) is 69.9 Å². The Hall–Kier alpha value is -2.31. The van der Waals surface area contributed by atoms with Gasteiger partial charge in [-0.15, -0.1) is 0 Å². The summed E-state index contributed by atoms with van der Waals surface area (Å²) < 4.78 is 5.37. The molecule has 1 saturated carbocycles. The second kappa shape index (κ2) is 6.90. The van der Waals surface area contributed by atoms with Crippen molar-refractivity contribution >= 4 is 22.9 Å². The summed E-state index contributed by atoms with van der Waals surface area (Å²) in [6.07, 6.45) is 5.80. The number of nitrogen functional groups attached to an aromatic ring is 1. The van der Waals surface area contributed by atoms with Crippen molar-refractivity contribution in [1.29, 1.82) is 0 Å². The van der Waals surface area contributed by atoms with Crippen molar-refractivity contribution in [3.63, 3.8) is 0 Å². The van der Waals surface area contributed by atoms with Crippen molar-refractivity contribution in [2.75, 3.05) is 12.3 Å². The fourth-order valence-corrected chi connectivity index (χ4v) is 3.36. The summed E-state index contributed by atoms with van der Waals surface area (Å²) in [7, 11) is 0. The maximum Gasteiger partial charge on any atom is 0.407 e. The number of H-pyrrole nitrogens is 1. The standard InChI is InChI=1S/C18H27N5O2/c1-18(2,3)21-17(24)25-10-11-4-6-12(7-5-11)13-8-14-15(19)22-23-16(14)20-9-13/h8-9,11-12H,4-7,10H2,1-3H3,(H,21,24)(H3,19,20,22,23). The molecule has 0 unspecified atom stereocenters. The Kier molecular flexibility index (Phi) is 4.83. The van der Waals surface area contributed by atoms with Crippen LogP contribution in [0.3, 0.4) is 0 Å². The van der Waals surface area contributed by atoms with E-state index in [9.17, 15) is 4.79 Å². The van der Waals surface area contributed by atoms with E-state index in [1.165, 1.54) is 5.56 Å². The summed E-state index contributed by atoms with van der Waals surface area (Å²) in [4.78, 5) is 16.1. The molecule has 0 bridgehead atoms. The minimum Gasteiger partial charge on any atom is -0.449 e. The van der Waals surface area contributed by atoms with E-state index in [0.717, 1.165) is 31.1 Å². The van der Waals surface area contributed by atoms with Crippen molar-refractivity contribution in [1.82, 2.24) is 20.5 Å². The van der Waals surface area contributed by atoms with Gasteiger partial charge in [0.05, 0.1) is 12.0 Å². The summed E-state index contributed by atoms with van der Waals surface area (Å²) >= 11 is 0. The van der Waals surface area contributed by atoms with Gasteiger partial charge in [-0.25, -0.2) is 9.78 Å². The molecule has 136 valence electrons. The Balaban J connectivity index is 1.51. The normalized spacial score (nSPS) is 21.2. The number of alkyl carbamates (subject to hydrolysis) is 1. The maximum atomic E-state index is 11.8. The molecule has 0 saturated heterocycles. The SMILES string of the molecule is CC(C)(C)NC(=O)OCC1CCC(c2cnc3n[nH]c(N)c3c2)CC1. The van der Waals surface area contributed by atoms with Crippen LogP contribution in [-0.4, -0.2) is 33.4 Å². The first kappa shape index (κ1) is 17.5. The summed E-state index contributed by atoms with van der Waals surface area (Å²) in [6.45, 7) is 6.31. The monoisotopic (exact) mass is 345 g/mol. The van der Waals surface area contributed by atoms with Crippen LogP contribution in [0.1, 0.15) is 57.9 Å². The van der Waals surface area contributed by atoms with E-state index in [1.54, 1.807) is 0 Å². The molecule has 2 heterocycles. The minimum absolute atomic E-state index is 0.269. The molecule has 0 atom stereocenters. The van der Waals surface area contributed by atoms with Crippen LogP contribution in [0.5, 0.6) is 0 Å². The first-order valence-corrected chi connectivity index (χ1v) is 8.86. The number of hydrogen-bond donors (Lipinski definition) is 3. The Labute approximate surface area is 147 Å². The number of ether oxygens (including phenoxy) is 1. The number of hydrogen-bond acceptors (Lipinski definition) is 5. The van der Waals surface area contributed by atoms with Gasteiger partial charge < -0.3 is 15.8 Å². The fourth-order valence-electron chi connectivity index (χ4n) is 3.36. The third-order valence-electron chi connectivity index (χ3n) is 4.71. The molecule has 2 aromatic rings. The number of carbonyl (C=O) groups is 1. The van der Waals surface area contributed by atoms with E-state index in [1.807, 2.05) is 27.0 Å². The van der Waals surface area contributed by atoms with E-state index >= 15 is 0 Å². The second-order valence-corrected chi connectivity index (χ2v) is 7.97. The van der Waals surface area contributed by atoms with E-state index in [4.69, 9.17) is 10.5 Å². The highest BCUT2D eigenvalue weighted by Gasteiger charge is 2.25. The number of aromatic amines is 1. The lowest BCUT2D eigenvalue weighted by Crippen LogP contribution is -2.41. The lowest BCUT2D eigenvalue weighted by Gasteiger charge is -2.29. The zero-order valence-electron chi connectivity index (χ0n) is 15.1. The minimum atomic E-state index is -0.334. The quantitative estimate of drug-likeness (QED) is 0.791. The van der Waals surface area contributed by atoms with Crippen molar-refractivity contribution in [3.05, 3.63) is 17.8 Å². The van der Waals surface area contributed by atoms with Crippen molar-refractivity contribution in [2.45, 2.75) is 57.9 Å². The molecule has 0 spiro atoms. The Morgan fingerprint density at radius 3 is 2.76 bits per heavy atom. The number of rotatable bonds is 3. The molecule has 1 fully saturated rings. The number of aromatic nitrogens is 3. The lowest BCUT2D eigenvalue weighted by atomic mass is 9.79. The fraction of sp³-hybridized carbons (Fsp3) is 0.611. The van der Waals surface area contributed by atoms with Crippen LogP contribution in [0.2, 0.25) is 0 Å². The van der Waals surface area contributed by atoms with Gasteiger partial charge in [-0.3, -0.25) is 5.10 Å². The highest BCUT2D eigenvalue weighted by Crippen LogP contribution is 2.36. The molecular formula is C18H27N5O2. The largest absolute Gasteiger partial charge is 0.449 e. The highest BCUT2D eigenvalue weighted by molar-refractivity contribution is 5.86. The molecule has 0 aliphatic heterocycles.